The molecule has 0 saturated heterocycles. The van der Waals surface area contributed by atoms with Crippen LogP contribution in [0.4, 0.5) is 10.1 Å². The summed E-state index contributed by atoms with van der Waals surface area (Å²) in [5.74, 6) is -0.257. The number of nitrogens with zero attached hydrogens (tertiary/aromatic N) is 2. The quantitative estimate of drug-likeness (QED) is 0.687. The van der Waals surface area contributed by atoms with Crippen molar-refractivity contribution >= 4 is 33.8 Å². The van der Waals surface area contributed by atoms with Crippen LogP contribution in [0.25, 0.3) is 10.8 Å². The third-order valence-electron chi connectivity index (χ3n) is 3.84. The molecular weight excluding hydrogens is 335 g/mol. The molecule has 3 aromatic rings. The molecule has 0 fully saturated rings. The van der Waals surface area contributed by atoms with Crippen LogP contribution in [-0.4, -0.2) is 28.1 Å². The molecule has 0 saturated carbocycles. The van der Waals surface area contributed by atoms with Gasteiger partial charge in [0.25, 0.3) is 0 Å². The predicted molar refractivity (Wildman–Crippen MR) is 104 cm³/mol. The van der Waals surface area contributed by atoms with E-state index >= 15 is 0 Å². The van der Waals surface area contributed by atoms with Gasteiger partial charge in [-0.1, -0.05) is 18.2 Å². The number of hydrogen-bond acceptors (Lipinski definition) is 3. The predicted octanol–water partition coefficient (Wildman–Crippen LogP) is 3.53. The molecule has 4 nitrogen and oxygen atoms in total. The average Bonchev–Trinajstić information content (AvgIpc) is 2.61. The Bertz CT molecular complexity index is 884. The van der Waals surface area contributed by atoms with Gasteiger partial charge in [-0.05, 0) is 53.5 Å². The molecule has 0 atom stereocenters. The maximum absolute atomic E-state index is 13.4. The van der Waals surface area contributed by atoms with Gasteiger partial charge in [0, 0.05) is 43.1 Å². The van der Waals surface area contributed by atoms with Crippen molar-refractivity contribution in [2.75, 3.05) is 18.4 Å². The number of pyridine rings is 1. The molecule has 128 valence electrons. The van der Waals surface area contributed by atoms with Gasteiger partial charge in [0.15, 0.2) is 5.11 Å². The van der Waals surface area contributed by atoms with E-state index in [9.17, 15) is 4.39 Å². The second kappa shape index (κ2) is 8.00. The van der Waals surface area contributed by atoms with Crippen molar-refractivity contribution in [3.05, 3.63) is 72.3 Å². The van der Waals surface area contributed by atoms with Crippen LogP contribution in [0.5, 0.6) is 0 Å². The molecule has 3 rings (SSSR count). The van der Waals surface area contributed by atoms with E-state index in [4.69, 9.17) is 18.0 Å². The van der Waals surface area contributed by atoms with Crippen molar-refractivity contribution in [1.82, 2.24) is 9.88 Å². The maximum Gasteiger partial charge on any atom is 0.173 e. The van der Waals surface area contributed by atoms with Crippen LogP contribution in [0.2, 0.25) is 0 Å². The fraction of sp³-hybridized carbons (Fsp3) is 0.158. The Labute approximate surface area is 151 Å². The number of thiocarbonyl (C=S) groups is 1. The average molecular weight is 354 g/mol. The highest BCUT2D eigenvalue weighted by Gasteiger charge is 2.11. The fourth-order valence-electron chi connectivity index (χ4n) is 2.63. The Kier molecular flexibility index (Phi) is 5.53. The molecule has 2 aromatic carbocycles. The molecule has 1 aromatic heterocycles. The summed E-state index contributed by atoms with van der Waals surface area (Å²) in [6.07, 6.45) is 3.58. The van der Waals surface area contributed by atoms with Gasteiger partial charge in [0.05, 0.1) is 0 Å². The molecule has 0 aliphatic carbocycles. The van der Waals surface area contributed by atoms with Crippen molar-refractivity contribution in [1.29, 1.82) is 0 Å². The largest absolute Gasteiger partial charge is 0.343 e. The summed E-state index contributed by atoms with van der Waals surface area (Å²) in [6.45, 7) is 1.54. The van der Waals surface area contributed by atoms with E-state index in [2.05, 4.69) is 10.3 Å². The van der Waals surface area contributed by atoms with E-state index in [0.717, 1.165) is 22.0 Å². The van der Waals surface area contributed by atoms with E-state index in [0.29, 0.717) is 24.7 Å². The summed E-state index contributed by atoms with van der Waals surface area (Å²) >= 11 is 5.53. The second-order valence-corrected chi connectivity index (χ2v) is 6.09. The SMILES string of the molecule is NCCN(Cc1cccc(F)c1)C(=S)Nc1ccc2cnccc2c1. The Morgan fingerprint density at radius 2 is 2.04 bits per heavy atom. The molecule has 0 aliphatic rings. The number of nitrogens with one attached hydrogen (secondary N) is 1. The number of halogens is 1. The highest BCUT2D eigenvalue weighted by atomic mass is 32.1. The number of aromatic nitrogens is 1. The number of rotatable bonds is 5. The Morgan fingerprint density at radius 1 is 1.16 bits per heavy atom. The Hall–Kier alpha value is -2.57. The standard InChI is InChI=1S/C19H19FN4S/c20-17-3-1-2-14(10-17)13-24(9-7-21)19(25)23-18-5-4-16-12-22-8-6-15(16)11-18/h1-6,8,10-12H,7,9,13,21H2,(H,23,25). The zero-order valence-corrected chi connectivity index (χ0v) is 14.5. The molecule has 3 N–H and O–H groups in total. The van der Waals surface area contributed by atoms with E-state index in [-0.39, 0.29) is 5.82 Å². The zero-order valence-electron chi connectivity index (χ0n) is 13.7. The van der Waals surface area contributed by atoms with Crippen molar-refractivity contribution in [3.63, 3.8) is 0 Å². The van der Waals surface area contributed by atoms with Gasteiger partial charge in [0.1, 0.15) is 5.82 Å². The van der Waals surface area contributed by atoms with E-state index in [1.54, 1.807) is 12.3 Å². The lowest BCUT2D eigenvalue weighted by Gasteiger charge is -2.25. The molecule has 0 aliphatic heterocycles. The first kappa shape index (κ1) is 17.3. The van der Waals surface area contributed by atoms with Gasteiger partial charge in [-0.25, -0.2) is 4.39 Å². The number of fused-ring (bicyclic) bond motifs is 1. The van der Waals surface area contributed by atoms with Gasteiger partial charge < -0.3 is 16.0 Å². The zero-order chi connectivity index (χ0) is 17.6. The minimum absolute atomic E-state index is 0.257. The number of benzene rings is 2. The van der Waals surface area contributed by atoms with Crippen molar-refractivity contribution in [3.8, 4) is 0 Å². The molecule has 0 radical (unpaired) electrons. The Morgan fingerprint density at radius 3 is 2.84 bits per heavy atom. The van der Waals surface area contributed by atoms with Crippen LogP contribution in [0, 0.1) is 5.82 Å². The highest BCUT2D eigenvalue weighted by molar-refractivity contribution is 7.80. The molecule has 6 heteroatoms. The third-order valence-corrected chi connectivity index (χ3v) is 4.20. The first-order valence-electron chi connectivity index (χ1n) is 8.00. The van der Waals surface area contributed by atoms with Gasteiger partial charge in [-0.2, -0.15) is 0 Å². The van der Waals surface area contributed by atoms with Crippen LogP contribution >= 0.6 is 12.2 Å². The van der Waals surface area contributed by atoms with Crippen molar-refractivity contribution in [2.45, 2.75) is 6.54 Å². The normalized spacial score (nSPS) is 10.6. The first-order chi connectivity index (χ1) is 12.2. The molecular formula is C19H19FN4S. The van der Waals surface area contributed by atoms with Crippen LogP contribution in [0.1, 0.15) is 5.56 Å². The van der Waals surface area contributed by atoms with Crippen LogP contribution in [0.3, 0.4) is 0 Å². The number of hydrogen-bond donors (Lipinski definition) is 2. The fourth-order valence-corrected chi connectivity index (χ4v) is 2.90. The number of anilines is 1. The van der Waals surface area contributed by atoms with Gasteiger partial charge >= 0.3 is 0 Å². The van der Waals surface area contributed by atoms with E-state index in [1.165, 1.54) is 12.1 Å². The van der Waals surface area contributed by atoms with Gasteiger partial charge in [-0.3, -0.25) is 4.98 Å². The summed E-state index contributed by atoms with van der Waals surface area (Å²) in [5, 5.41) is 5.95. The van der Waals surface area contributed by atoms with Gasteiger partial charge in [0.2, 0.25) is 0 Å². The molecule has 0 spiro atoms. The summed E-state index contributed by atoms with van der Waals surface area (Å²) in [6, 6.07) is 14.4. The monoisotopic (exact) mass is 354 g/mol. The summed E-state index contributed by atoms with van der Waals surface area (Å²) < 4.78 is 13.4. The molecule has 1 heterocycles. The van der Waals surface area contributed by atoms with Crippen molar-refractivity contribution in [2.24, 2.45) is 5.73 Å². The highest BCUT2D eigenvalue weighted by Crippen LogP contribution is 2.18. The topological polar surface area (TPSA) is 54.2 Å². The maximum atomic E-state index is 13.4. The van der Waals surface area contributed by atoms with E-state index < -0.39 is 0 Å². The smallest absolute Gasteiger partial charge is 0.173 e. The number of nitrogens with two attached hydrogens (primary N) is 1. The van der Waals surface area contributed by atoms with Crippen LogP contribution in [0.15, 0.2) is 60.9 Å². The molecule has 0 bridgehead atoms. The lowest BCUT2D eigenvalue weighted by Crippen LogP contribution is -2.37. The van der Waals surface area contributed by atoms with Crippen LogP contribution in [-0.2, 0) is 6.54 Å². The minimum atomic E-state index is -0.257. The minimum Gasteiger partial charge on any atom is -0.343 e. The third kappa shape index (κ3) is 4.49. The summed E-state index contributed by atoms with van der Waals surface area (Å²) in [7, 11) is 0. The molecule has 0 unspecified atom stereocenters. The summed E-state index contributed by atoms with van der Waals surface area (Å²) in [4.78, 5) is 6.04. The lowest BCUT2D eigenvalue weighted by molar-refractivity contribution is 0.428. The Balaban J connectivity index is 1.75. The first-order valence-corrected chi connectivity index (χ1v) is 8.41. The van der Waals surface area contributed by atoms with Crippen LogP contribution < -0.4 is 11.1 Å². The lowest BCUT2D eigenvalue weighted by atomic mass is 10.1. The van der Waals surface area contributed by atoms with Gasteiger partial charge in [-0.15, -0.1) is 0 Å². The summed E-state index contributed by atoms with van der Waals surface area (Å²) in [5.41, 5.74) is 7.45. The second-order valence-electron chi connectivity index (χ2n) is 5.71. The van der Waals surface area contributed by atoms with Crippen molar-refractivity contribution < 1.29 is 4.39 Å². The molecule has 0 amide bonds. The van der Waals surface area contributed by atoms with E-state index in [1.807, 2.05) is 41.4 Å². The molecule has 25 heavy (non-hydrogen) atoms.